The van der Waals surface area contributed by atoms with Gasteiger partial charge in [-0.15, -0.1) is 0 Å². The lowest BCUT2D eigenvalue weighted by Gasteiger charge is -2.34. The molecule has 4 rings (SSSR count). The molecule has 0 spiro atoms. The number of aromatic nitrogens is 2. The fraction of sp³-hybridized carbons (Fsp3) is 0.286. The lowest BCUT2D eigenvalue weighted by Crippen LogP contribution is -2.50. The number of fused-ring (bicyclic) bond motifs is 1. The van der Waals surface area contributed by atoms with Crippen LogP contribution in [0.1, 0.15) is 12.2 Å². The number of amides is 1. The van der Waals surface area contributed by atoms with Gasteiger partial charge in [0.15, 0.2) is 0 Å². The van der Waals surface area contributed by atoms with Crippen molar-refractivity contribution in [2.75, 3.05) is 26.2 Å². The number of aryl methyl sites for hydroxylation is 1. The molecular weight excluding hydrogens is 450 g/mol. The predicted molar refractivity (Wildman–Crippen MR) is 119 cm³/mol. The number of para-hydroxylation sites is 1. The van der Waals surface area contributed by atoms with Crippen LogP contribution in [0.25, 0.3) is 10.9 Å². The third-order valence-electron chi connectivity index (χ3n) is 5.50. The molecule has 1 aliphatic heterocycles. The highest BCUT2D eigenvalue weighted by Crippen LogP contribution is 2.22. The molecule has 1 aromatic heterocycles. The first-order valence-electron chi connectivity index (χ1n) is 10.3. The molecule has 1 N–H and O–H groups in total. The van der Waals surface area contributed by atoms with Gasteiger partial charge in [0.25, 0.3) is 11.2 Å². The van der Waals surface area contributed by atoms with Crippen molar-refractivity contribution in [2.45, 2.75) is 17.7 Å². The number of nitrogens with zero attached hydrogens (tertiary/aromatic N) is 4. The van der Waals surface area contributed by atoms with E-state index < -0.39 is 14.9 Å². The molecule has 1 amide bonds. The Bertz CT molecular complexity index is 1380. The van der Waals surface area contributed by atoms with Crippen LogP contribution < -0.4 is 5.56 Å². The third kappa shape index (κ3) is 4.76. The Morgan fingerprint density at radius 1 is 1.09 bits per heavy atom. The molecule has 11 nitrogen and oxygen atoms in total. The van der Waals surface area contributed by atoms with E-state index in [1.54, 1.807) is 29.2 Å². The van der Waals surface area contributed by atoms with Crippen molar-refractivity contribution in [1.29, 1.82) is 0 Å². The monoisotopic (exact) mass is 471 g/mol. The number of rotatable bonds is 6. The van der Waals surface area contributed by atoms with Crippen LogP contribution in [0.2, 0.25) is 0 Å². The average Bonchev–Trinajstić information content (AvgIpc) is 2.82. The molecule has 0 radical (unpaired) electrons. The molecule has 12 heteroatoms. The summed E-state index contributed by atoms with van der Waals surface area (Å²) < 4.78 is 26.9. The number of hydrogen-bond donors (Lipinski definition) is 1. The van der Waals surface area contributed by atoms with E-state index in [-0.39, 0.29) is 61.1 Å². The number of nitrogens with one attached hydrogen (secondary N) is 1. The lowest BCUT2D eigenvalue weighted by molar-refractivity contribution is -0.385. The number of non-ortho nitro benzene ring substituents is 1. The number of nitro benzene ring substituents is 1. The molecule has 3 aromatic rings. The van der Waals surface area contributed by atoms with Gasteiger partial charge >= 0.3 is 0 Å². The van der Waals surface area contributed by atoms with E-state index in [4.69, 9.17) is 0 Å². The van der Waals surface area contributed by atoms with Gasteiger partial charge in [-0.2, -0.15) is 4.31 Å². The van der Waals surface area contributed by atoms with Gasteiger partial charge in [0, 0.05) is 51.2 Å². The summed E-state index contributed by atoms with van der Waals surface area (Å²) in [6.45, 7) is 0.576. The summed E-state index contributed by atoms with van der Waals surface area (Å²) in [5.74, 6) is 0.247. The van der Waals surface area contributed by atoms with E-state index >= 15 is 0 Å². The highest BCUT2D eigenvalue weighted by Gasteiger charge is 2.30. The van der Waals surface area contributed by atoms with Crippen molar-refractivity contribution in [2.24, 2.45) is 0 Å². The molecule has 2 heterocycles. The minimum Gasteiger partial charge on any atom is -0.340 e. The second-order valence-electron chi connectivity index (χ2n) is 7.57. The Hall–Kier alpha value is -3.64. The molecule has 1 aliphatic rings. The fourth-order valence-corrected chi connectivity index (χ4v) is 5.18. The molecule has 33 heavy (non-hydrogen) atoms. The van der Waals surface area contributed by atoms with Crippen LogP contribution in [-0.2, 0) is 21.2 Å². The third-order valence-corrected chi connectivity index (χ3v) is 7.39. The quantitative estimate of drug-likeness (QED) is 0.421. The molecule has 0 saturated carbocycles. The molecule has 172 valence electrons. The molecule has 0 aliphatic carbocycles. The number of aromatic amines is 1. The van der Waals surface area contributed by atoms with Crippen LogP contribution >= 0.6 is 0 Å². The maximum absolute atomic E-state index is 12.8. The molecule has 1 fully saturated rings. The lowest BCUT2D eigenvalue weighted by atomic mass is 10.2. The average molecular weight is 471 g/mol. The first-order chi connectivity index (χ1) is 15.8. The summed E-state index contributed by atoms with van der Waals surface area (Å²) in [4.78, 5) is 43.6. The second-order valence-corrected chi connectivity index (χ2v) is 9.51. The van der Waals surface area contributed by atoms with E-state index in [1.165, 1.54) is 22.5 Å². The normalized spacial score (nSPS) is 15.0. The number of H-pyrrole nitrogens is 1. The highest BCUT2D eigenvalue weighted by molar-refractivity contribution is 7.89. The number of carbonyl (C=O) groups is 1. The van der Waals surface area contributed by atoms with Crippen LogP contribution in [0.3, 0.4) is 0 Å². The Morgan fingerprint density at radius 3 is 2.55 bits per heavy atom. The molecule has 0 bridgehead atoms. The van der Waals surface area contributed by atoms with Gasteiger partial charge in [-0.1, -0.05) is 18.2 Å². The zero-order valence-corrected chi connectivity index (χ0v) is 18.3. The van der Waals surface area contributed by atoms with Crippen LogP contribution in [-0.4, -0.2) is 64.6 Å². The van der Waals surface area contributed by atoms with E-state index in [9.17, 15) is 28.1 Å². The van der Waals surface area contributed by atoms with Gasteiger partial charge in [0.05, 0.1) is 20.7 Å². The maximum Gasteiger partial charge on any atom is 0.270 e. The first-order valence-corrected chi connectivity index (χ1v) is 11.7. The molecule has 0 atom stereocenters. The number of hydrogen-bond acceptors (Lipinski definition) is 7. The van der Waals surface area contributed by atoms with Gasteiger partial charge in [0.1, 0.15) is 5.82 Å². The smallest absolute Gasteiger partial charge is 0.270 e. The topological polar surface area (TPSA) is 147 Å². The van der Waals surface area contributed by atoms with E-state index in [0.717, 1.165) is 6.07 Å². The summed E-state index contributed by atoms with van der Waals surface area (Å²) in [6.07, 6.45) is 0.379. The molecular formula is C21H21N5O6S. The number of piperazine rings is 1. The van der Waals surface area contributed by atoms with Gasteiger partial charge < -0.3 is 9.88 Å². The zero-order chi connectivity index (χ0) is 23.6. The Labute approximate surface area is 188 Å². The minimum atomic E-state index is -3.91. The van der Waals surface area contributed by atoms with Crippen molar-refractivity contribution < 1.29 is 18.1 Å². The van der Waals surface area contributed by atoms with E-state index in [1.807, 2.05) is 0 Å². The Balaban J connectivity index is 1.37. The van der Waals surface area contributed by atoms with Crippen molar-refractivity contribution in [3.8, 4) is 0 Å². The van der Waals surface area contributed by atoms with Crippen LogP contribution in [0, 0.1) is 10.1 Å². The molecule has 1 saturated heterocycles. The van der Waals surface area contributed by atoms with Gasteiger partial charge in [0.2, 0.25) is 15.9 Å². The number of benzene rings is 2. The van der Waals surface area contributed by atoms with E-state index in [0.29, 0.717) is 16.7 Å². The first kappa shape index (κ1) is 22.6. The predicted octanol–water partition coefficient (Wildman–Crippen LogP) is 1.30. The SMILES string of the molecule is O=C(CCc1nc2ccccc2c(=O)[nH]1)N1CCN(S(=O)(=O)c2cccc([N+](=O)[O-])c2)CC1. The van der Waals surface area contributed by atoms with Gasteiger partial charge in [-0.05, 0) is 18.2 Å². The Kier molecular flexibility index (Phi) is 6.20. The van der Waals surface area contributed by atoms with Crippen LogP contribution in [0.4, 0.5) is 5.69 Å². The van der Waals surface area contributed by atoms with E-state index in [2.05, 4.69) is 9.97 Å². The minimum absolute atomic E-state index is 0.0851. The van der Waals surface area contributed by atoms with Crippen molar-refractivity contribution >= 4 is 32.5 Å². The number of sulfonamides is 1. The second kappa shape index (κ2) is 9.08. The summed E-state index contributed by atoms with van der Waals surface area (Å²) >= 11 is 0. The van der Waals surface area contributed by atoms with Crippen molar-refractivity contribution in [3.63, 3.8) is 0 Å². The fourth-order valence-electron chi connectivity index (χ4n) is 3.72. The molecule has 2 aromatic carbocycles. The van der Waals surface area contributed by atoms with Gasteiger partial charge in [-0.25, -0.2) is 13.4 Å². The van der Waals surface area contributed by atoms with Gasteiger partial charge in [-0.3, -0.25) is 19.7 Å². The summed E-state index contributed by atoms with van der Waals surface area (Å²) in [6, 6.07) is 11.9. The largest absolute Gasteiger partial charge is 0.340 e. The summed E-state index contributed by atoms with van der Waals surface area (Å²) in [7, 11) is -3.91. The zero-order valence-electron chi connectivity index (χ0n) is 17.5. The molecule has 0 unspecified atom stereocenters. The van der Waals surface area contributed by atoms with Crippen LogP contribution in [0.15, 0.2) is 58.2 Å². The summed E-state index contributed by atoms with van der Waals surface area (Å²) in [5, 5.41) is 11.4. The highest BCUT2D eigenvalue weighted by atomic mass is 32.2. The summed E-state index contributed by atoms with van der Waals surface area (Å²) in [5.41, 5.74) is -0.00285. The standard InChI is InChI=1S/C21H21N5O6S/c27-20(9-8-19-22-18-7-2-1-6-17(18)21(28)23-19)24-10-12-25(13-11-24)33(31,32)16-5-3-4-15(14-16)26(29)30/h1-7,14H,8-13H2,(H,22,23,28). The van der Waals surface area contributed by atoms with Crippen molar-refractivity contribution in [1.82, 2.24) is 19.2 Å². The maximum atomic E-state index is 12.8. The number of nitro groups is 1. The number of carbonyl (C=O) groups excluding carboxylic acids is 1. The van der Waals surface area contributed by atoms with Crippen LogP contribution in [0.5, 0.6) is 0 Å². The Morgan fingerprint density at radius 2 is 1.82 bits per heavy atom. The van der Waals surface area contributed by atoms with Crippen molar-refractivity contribution in [3.05, 3.63) is 74.8 Å².